The molecule has 0 aromatic carbocycles. The molecule has 1 aliphatic heterocycles. The minimum atomic E-state index is -0.476. The summed E-state index contributed by atoms with van der Waals surface area (Å²) in [6.45, 7) is 1.73. The molecular weight excluding hydrogens is 292 g/mol. The lowest BCUT2D eigenvalue weighted by Gasteiger charge is -2.16. The van der Waals surface area contributed by atoms with Gasteiger partial charge in [-0.05, 0) is 24.7 Å². The number of fused-ring (bicyclic) bond motifs is 1. The van der Waals surface area contributed by atoms with Crippen molar-refractivity contribution in [1.82, 2.24) is 9.88 Å². The third-order valence-electron chi connectivity index (χ3n) is 4.25. The number of aromatic nitrogens is 1. The highest BCUT2D eigenvalue weighted by atomic mass is 32.1. The number of thiazole rings is 1. The minimum absolute atomic E-state index is 0.103. The molecule has 2 atom stereocenters. The minimum Gasteiger partial charge on any atom is -0.464 e. The van der Waals surface area contributed by atoms with Gasteiger partial charge in [-0.1, -0.05) is 6.42 Å². The predicted molar refractivity (Wildman–Crippen MR) is 76.0 cm³/mol. The van der Waals surface area contributed by atoms with Crippen molar-refractivity contribution in [1.29, 1.82) is 0 Å². The second-order valence-corrected chi connectivity index (χ2v) is 6.47. The summed E-state index contributed by atoms with van der Waals surface area (Å²) in [5.74, 6) is 0.836. The average molecular weight is 310 g/mol. The van der Waals surface area contributed by atoms with E-state index in [4.69, 9.17) is 4.74 Å². The van der Waals surface area contributed by atoms with Gasteiger partial charge in [-0.3, -0.25) is 0 Å². The van der Waals surface area contributed by atoms with E-state index in [1.807, 2.05) is 0 Å². The fourth-order valence-corrected chi connectivity index (χ4v) is 3.85. The van der Waals surface area contributed by atoms with Crippen molar-refractivity contribution in [2.45, 2.75) is 25.9 Å². The first-order valence-corrected chi connectivity index (χ1v) is 7.99. The molecule has 1 saturated heterocycles. The number of amides is 1. The van der Waals surface area contributed by atoms with Gasteiger partial charge in [0.15, 0.2) is 5.69 Å². The van der Waals surface area contributed by atoms with Crippen molar-refractivity contribution >= 4 is 23.4 Å². The molecule has 6 nitrogen and oxygen atoms in total. The van der Waals surface area contributed by atoms with Crippen molar-refractivity contribution in [3.05, 3.63) is 16.1 Å². The van der Waals surface area contributed by atoms with Crippen LogP contribution in [0.1, 0.15) is 34.8 Å². The molecule has 2 fully saturated rings. The van der Waals surface area contributed by atoms with Gasteiger partial charge in [0.1, 0.15) is 11.6 Å². The fraction of sp³-hybridized carbons (Fsp3) is 0.643. The van der Waals surface area contributed by atoms with Crippen LogP contribution in [0.15, 0.2) is 5.38 Å². The Hall–Kier alpha value is -1.63. The molecule has 1 saturated carbocycles. The lowest BCUT2D eigenvalue weighted by molar-refractivity contribution is 0.0594. The molecule has 1 aromatic rings. The maximum absolute atomic E-state index is 12.0. The summed E-state index contributed by atoms with van der Waals surface area (Å²) in [7, 11) is 1.31. The number of methoxy groups -OCH3 is 1. The lowest BCUT2D eigenvalue weighted by Crippen LogP contribution is -2.30. The molecule has 0 radical (unpaired) electrons. The molecule has 7 heteroatoms. The Balaban J connectivity index is 1.50. The summed E-state index contributed by atoms with van der Waals surface area (Å²) in [4.78, 5) is 29.2. The topological polar surface area (TPSA) is 68.7 Å². The number of carbonyl (C=O) groups is 2. The summed E-state index contributed by atoms with van der Waals surface area (Å²) >= 11 is 1.29. The van der Waals surface area contributed by atoms with Crippen LogP contribution in [-0.2, 0) is 16.1 Å². The number of likely N-dealkylation sites (tertiary alicyclic amines) is 1. The van der Waals surface area contributed by atoms with E-state index in [1.165, 1.54) is 37.7 Å². The zero-order chi connectivity index (χ0) is 14.8. The van der Waals surface area contributed by atoms with E-state index in [2.05, 4.69) is 9.72 Å². The van der Waals surface area contributed by atoms with E-state index in [1.54, 1.807) is 10.3 Å². The third-order valence-corrected chi connectivity index (χ3v) is 5.07. The highest BCUT2D eigenvalue weighted by Crippen LogP contribution is 2.37. The molecule has 2 aliphatic rings. The van der Waals surface area contributed by atoms with Crippen molar-refractivity contribution in [2.75, 3.05) is 20.2 Å². The van der Waals surface area contributed by atoms with E-state index in [9.17, 15) is 9.59 Å². The maximum atomic E-state index is 12.0. The second-order valence-electron chi connectivity index (χ2n) is 5.53. The van der Waals surface area contributed by atoms with Crippen molar-refractivity contribution in [3.63, 3.8) is 0 Å². The van der Waals surface area contributed by atoms with Gasteiger partial charge in [-0.25, -0.2) is 14.6 Å². The second kappa shape index (κ2) is 6.01. The van der Waals surface area contributed by atoms with Crippen LogP contribution < -0.4 is 0 Å². The largest absolute Gasteiger partial charge is 0.464 e. The number of nitrogens with zero attached hydrogens (tertiary/aromatic N) is 2. The van der Waals surface area contributed by atoms with Gasteiger partial charge >= 0.3 is 12.1 Å². The Morgan fingerprint density at radius 3 is 2.76 bits per heavy atom. The van der Waals surface area contributed by atoms with E-state index in [0.717, 1.165) is 13.1 Å². The van der Waals surface area contributed by atoms with Crippen LogP contribution in [0.25, 0.3) is 0 Å². The van der Waals surface area contributed by atoms with E-state index >= 15 is 0 Å². The summed E-state index contributed by atoms with van der Waals surface area (Å²) in [6.07, 6.45) is 3.46. The molecule has 2 heterocycles. The van der Waals surface area contributed by atoms with Gasteiger partial charge < -0.3 is 14.4 Å². The predicted octanol–water partition coefficient (Wildman–Crippen LogP) is 2.30. The molecule has 1 amide bonds. The van der Waals surface area contributed by atoms with Crippen LogP contribution >= 0.6 is 11.3 Å². The quantitative estimate of drug-likeness (QED) is 0.801. The molecule has 21 heavy (non-hydrogen) atoms. The number of ether oxygens (including phenoxy) is 2. The molecule has 0 spiro atoms. The molecule has 1 aliphatic carbocycles. The van der Waals surface area contributed by atoms with Gasteiger partial charge in [-0.15, -0.1) is 11.3 Å². The average Bonchev–Trinajstić information content (AvgIpc) is 3.18. The van der Waals surface area contributed by atoms with Gasteiger partial charge in [0.2, 0.25) is 0 Å². The first kappa shape index (κ1) is 14.3. The number of rotatable bonds is 3. The SMILES string of the molecule is COC(=O)c1csc(COC(=O)N2CC3CCCC3C2)n1. The maximum Gasteiger partial charge on any atom is 0.410 e. The van der Waals surface area contributed by atoms with Crippen LogP contribution in [0.2, 0.25) is 0 Å². The van der Waals surface area contributed by atoms with E-state index in [-0.39, 0.29) is 18.4 Å². The summed E-state index contributed by atoms with van der Waals surface area (Å²) in [5.41, 5.74) is 0.254. The van der Waals surface area contributed by atoms with Gasteiger partial charge in [0, 0.05) is 18.5 Å². The number of esters is 1. The standard InChI is InChI=1S/C14H18N2O4S/c1-19-13(17)11-8-21-12(15-11)7-20-14(18)16-5-9-3-2-4-10(9)6-16/h8-10H,2-7H2,1H3. The van der Waals surface area contributed by atoms with Crippen molar-refractivity contribution in [2.24, 2.45) is 11.8 Å². The Bertz CT molecular complexity index is 533. The van der Waals surface area contributed by atoms with Crippen molar-refractivity contribution in [3.8, 4) is 0 Å². The fourth-order valence-electron chi connectivity index (χ4n) is 3.17. The first-order valence-electron chi connectivity index (χ1n) is 7.12. The van der Waals surface area contributed by atoms with E-state index < -0.39 is 5.97 Å². The summed E-state index contributed by atoms with van der Waals surface area (Å²) < 4.78 is 9.87. The third kappa shape index (κ3) is 3.02. The van der Waals surface area contributed by atoms with Crippen LogP contribution in [0.3, 0.4) is 0 Å². The number of hydrogen-bond acceptors (Lipinski definition) is 6. The number of carbonyl (C=O) groups excluding carboxylic acids is 2. The lowest BCUT2D eigenvalue weighted by atomic mass is 10.0. The Morgan fingerprint density at radius 2 is 2.10 bits per heavy atom. The van der Waals surface area contributed by atoms with Gasteiger partial charge in [-0.2, -0.15) is 0 Å². The van der Waals surface area contributed by atoms with Gasteiger partial charge in [0.25, 0.3) is 0 Å². The Labute approximate surface area is 127 Å². The molecule has 0 N–H and O–H groups in total. The Kier molecular flexibility index (Phi) is 4.10. The molecule has 114 valence electrons. The summed E-state index contributed by atoms with van der Waals surface area (Å²) in [5, 5.41) is 2.21. The molecule has 0 bridgehead atoms. The summed E-state index contributed by atoms with van der Waals surface area (Å²) in [6, 6.07) is 0. The van der Waals surface area contributed by atoms with Crippen molar-refractivity contribution < 1.29 is 19.1 Å². The molecular formula is C14H18N2O4S. The zero-order valence-electron chi connectivity index (χ0n) is 11.9. The zero-order valence-corrected chi connectivity index (χ0v) is 12.7. The smallest absolute Gasteiger partial charge is 0.410 e. The Morgan fingerprint density at radius 1 is 1.38 bits per heavy atom. The first-order chi connectivity index (χ1) is 10.2. The molecule has 1 aromatic heterocycles. The van der Waals surface area contributed by atoms with Crippen LogP contribution in [0.5, 0.6) is 0 Å². The van der Waals surface area contributed by atoms with E-state index in [0.29, 0.717) is 16.8 Å². The van der Waals surface area contributed by atoms with Gasteiger partial charge in [0.05, 0.1) is 7.11 Å². The van der Waals surface area contributed by atoms with Crippen LogP contribution in [-0.4, -0.2) is 42.1 Å². The van der Waals surface area contributed by atoms with Crippen LogP contribution in [0, 0.1) is 11.8 Å². The molecule has 2 unspecified atom stereocenters. The monoisotopic (exact) mass is 310 g/mol. The highest BCUT2D eigenvalue weighted by Gasteiger charge is 2.38. The van der Waals surface area contributed by atoms with Crippen LogP contribution in [0.4, 0.5) is 4.79 Å². The number of hydrogen-bond donors (Lipinski definition) is 0. The molecule has 3 rings (SSSR count). The normalized spacial score (nSPS) is 24.0. The highest BCUT2D eigenvalue weighted by molar-refractivity contribution is 7.09.